The van der Waals surface area contributed by atoms with Crippen LogP contribution in [0.15, 0.2) is 48.7 Å². The molecule has 37 heavy (non-hydrogen) atoms. The molecule has 2 N–H and O–H groups in total. The fraction of sp³-hybridized carbons (Fsp3) is 0.423. The number of nitrogens with zero attached hydrogens (tertiary/aromatic N) is 4. The number of nitrogens with one attached hydrogen (secondary N) is 2. The van der Waals surface area contributed by atoms with E-state index in [1.54, 1.807) is 37.4 Å². The SMILES string of the molecule is CCOC(=O)c1ccc(NC(=O)C[C@@H]2C(=O)NCCN2C(=O)CN2CCN(c3ccccn3)CC2)cc1. The van der Waals surface area contributed by atoms with Crippen molar-refractivity contribution < 1.29 is 23.9 Å². The third-order valence-corrected chi connectivity index (χ3v) is 6.41. The summed E-state index contributed by atoms with van der Waals surface area (Å²) in [5, 5.41) is 5.49. The number of aromatic nitrogens is 1. The second kappa shape index (κ2) is 12.3. The van der Waals surface area contributed by atoms with Gasteiger partial charge in [-0.05, 0) is 43.3 Å². The molecule has 4 rings (SSSR count). The predicted octanol–water partition coefficient (Wildman–Crippen LogP) is 0.736. The van der Waals surface area contributed by atoms with Crippen LogP contribution in [0.4, 0.5) is 11.5 Å². The van der Waals surface area contributed by atoms with Crippen molar-refractivity contribution in [2.24, 2.45) is 0 Å². The topological polar surface area (TPSA) is 124 Å². The molecule has 2 aromatic rings. The highest BCUT2D eigenvalue weighted by Crippen LogP contribution is 2.16. The molecule has 0 aliphatic carbocycles. The van der Waals surface area contributed by atoms with E-state index in [9.17, 15) is 19.2 Å². The standard InChI is InChI=1S/C26H32N6O5/c1-2-37-26(36)19-6-8-20(9-7-19)29-23(33)17-21-25(35)28-11-12-32(21)24(34)18-30-13-15-31(16-14-30)22-5-3-4-10-27-22/h3-10,21H,2,11-18H2,1H3,(H,28,35)(H,29,33)/t21-/m1/s1. The van der Waals surface area contributed by atoms with Crippen molar-refractivity contribution in [1.82, 2.24) is 20.1 Å². The number of benzene rings is 1. The summed E-state index contributed by atoms with van der Waals surface area (Å²) in [6, 6.07) is 11.2. The lowest BCUT2D eigenvalue weighted by atomic mass is 10.1. The minimum atomic E-state index is -0.880. The first-order chi connectivity index (χ1) is 17.9. The summed E-state index contributed by atoms with van der Waals surface area (Å²) >= 11 is 0. The minimum absolute atomic E-state index is 0.162. The van der Waals surface area contributed by atoms with Crippen LogP contribution in [-0.4, -0.2) is 96.9 Å². The summed E-state index contributed by atoms with van der Waals surface area (Å²) < 4.78 is 4.96. The predicted molar refractivity (Wildman–Crippen MR) is 137 cm³/mol. The van der Waals surface area contributed by atoms with Crippen LogP contribution in [0.25, 0.3) is 0 Å². The van der Waals surface area contributed by atoms with Crippen LogP contribution < -0.4 is 15.5 Å². The van der Waals surface area contributed by atoms with Crippen molar-refractivity contribution in [1.29, 1.82) is 0 Å². The molecule has 0 saturated carbocycles. The smallest absolute Gasteiger partial charge is 0.338 e. The molecule has 3 heterocycles. The second-order valence-corrected chi connectivity index (χ2v) is 8.90. The van der Waals surface area contributed by atoms with Gasteiger partial charge >= 0.3 is 5.97 Å². The molecule has 11 nitrogen and oxygen atoms in total. The number of pyridine rings is 1. The lowest BCUT2D eigenvalue weighted by Crippen LogP contribution is -2.60. The van der Waals surface area contributed by atoms with E-state index in [0.717, 1.165) is 18.9 Å². The molecule has 3 amide bonds. The second-order valence-electron chi connectivity index (χ2n) is 8.90. The van der Waals surface area contributed by atoms with Crippen molar-refractivity contribution in [2.75, 3.05) is 62.6 Å². The number of hydrogen-bond donors (Lipinski definition) is 2. The number of piperazine rings is 2. The molecule has 196 valence electrons. The first-order valence-corrected chi connectivity index (χ1v) is 12.5. The third kappa shape index (κ3) is 6.82. The summed E-state index contributed by atoms with van der Waals surface area (Å²) in [6.07, 6.45) is 1.60. The largest absolute Gasteiger partial charge is 0.462 e. The average Bonchev–Trinajstić information content (AvgIpc) is 2.91. The zero-order valence-corrected chi connectivity index (χ0v) is 20.9. The Balaban J connectivity index is 1.30. The van der Waals surface area contributed by atoms with E-state index in [2.05, 4.69) is 25.4 Å². The molecule has 11 heteroatoms. The normalized spacial score (nSPS) is 18.2. The first-order valence-electron chi connectivity index (χ1n) is 12.5. The van der Waals surface area contributed by atoms with Crippen molar-refractivity contribution in [3.8, 4) is 0 Å². The molecular weight excluding hydrogens is 476 g/mol. The maximum atomic E-state index is 13.2. The molecule has 1 aromatic heterocycles. The zero-order valence-electron chi connectivity index (χ0n) is 20.9. The monoisotopic (exact) mass is 508 g/mol. The van der Waals surface area contributed by atoms with Gasteiger partial charge in [0, 0.05) is 51.2 Å². The Morgan fingerprint density at radius 3 is 2.49 bits per heavy atom. The molecule has 1 aromatic carbocycles. The first kappa shape index (κ1) is 26.1. The Labute approximate surface area is 215 Å². The van der Waals surface area contributed by atoms with Gasteiger partial charge in [-0.2, -0.15) is 0 Å². The van der Waals surface area contributed by atoms with Crippen LogP contribution in [0.5, 0.6) is 0 Å². The zero-order chi connectivity index (χ0) is 26.2. The summed E-state index contributed by atoms with van der Waals surface area (Å²) in [5.74, 6) is -0.424. The van der Waals surface area contributed by atoms with Crippen LogP contribution in [-0.2, 0) is 19.1 Å². The van der Waals surface area contributed by atoms with Crippen LogP contribution in [0, 0.1) is 0 Å². The van der Waals surface area contributed by atoms with Gasteiger partial charge in [-0.3, -0.25) is 19.3 Å². The van der Waals surface area contributed by atoms with Crippen LogP contribution in [0.1, 0.15) is 23.7 Å². The van der Waals surface area contributed by atoms with Crippen LogP contribution in [0.3, 0.4) is 0 Å². The number of esters is 1. The van der Waals surface area contributed by atoms with E-state index in [0.29, 0.717) is 37.4 Å². The maximum absolute atomic E-state index is 13.2. The Kier molecular flexibility index (Phi) is 8.68. The van der Waals surface area contributed by atoms with E-state index in [1.807, 2.05) is 18.2 Å². The molecule has 0 spiro atoms. The number of carbonyl (C=O) groups excluding carboxylic acids is 4. The lowest BCUT2D eigenvalue weighted by Gasteiger charge is -2.38. The Morgan fingerprint density at radius 1 is 1.05 bits per heavy atom. The van der Waals surface area contributed by atoms with Crippen LogP contribution in [0.2, 0.25) is 0 Å². The Morgan fingerprint density at radius 2 is 1.81 bits per heavy atom. The van der Waals surface area contributed by atoms with Gasteiger partial charge in [-0.1, -0.05) is 6.07 Å². The highest BCUT2D eigenvalue weighted by atomic mass is 16.5. The van der Waals surface area contributed by atoms with E-state index in [4.69, 9.17) is 4.74 Å². The van der Waals surface area contributed by atoms with Gasteiger partial charge in [0.15, 0.2) is 0 Å². The van der Waals surface area contributed by atoms with E-state index >= 15 is 0 Å². The molecular formula is C26H32N6O5. The molecule has 2 fully saturated rings. The Bertz CT molecular complexity index is 1100. The fourth-order valence-corrected chi connectivity index (χ4v) is 4.47. The van der Waals surface area contributed by atoms with Crippen LogP contribution >= 0.6 is 0 Å². The number of ether oxygens (including phenoxy) is 1. The highest BCUT2D eigenvalue weighted by molar-refractivity contribution is 5.98. The number of amides is 3. The Hall–Kier alpha value is -3.99. The van der Waals surface area contributed by atoms with Gasteiger partial charge in [0.25, 0.3) is 0 Å². The van der Waals surface area contributed by atoms with E-state index < -0.39 is 17.9 Å². The number of carbonyl (C=O) groups is 4. The van der Waals surface area contributed by atoms with Gasteiger partial charge in [-0.25, -0.2) is 9.78 Å². The van der Waals surface area contributed by atoms with Gasteiger partial charge in [0.1, 0.15) is 11.9 Å². The number of anilines is 2. The quantitative estimate of drug-likeness (QED) is 0.501. The van der Waals surface area contributed by atoms with Crippen molar-refractivity contribution in [3.05, 3.63) is 54.2 Å². The van der Waals surface area contributed by atoms with Gasteiger partial charge in [0.2, 0.25) is 17.7 Å². The summed E-state index contributed by atoms with van der Waals surface area (Å²) in [4.78, 5) is 60.5. The lowest BCUT2D eigenvalue weighted by molar-refractivity contribution is -0.145. The van der Waals surface area contributed by atoms with Gasteiger partial charge in [-0.15, -0.1) is 0 Å². The molecule has 2 aliphatic rings. The van der Waals surface area contributed by atoms with Gasteiger partial charge in [0.05, 0.1) is 25.1 Å². The summed E-state index contributed by atoms with van der Waals surface area (Å²) in [7, 11) is 0. The molecule has 0 unspecified atom stereocenters. The van der Waals surface area contributed by atoms with Crippen molar-refractivity contribution in [3.63, 3.8) is 0 Å². The summed E-state index contributed by atoms with van der Waals surface area (Å²) in [6.45, 7) is 5.82. The van der Waals surface area contributed by atoms with E-state index in [1.165, 1.54) is 4.90 Å². The maximum Gasteiger partial charge on any atom is 0.338 e. The van der Waals surface area contributed by atoms with Gasteiger partial charge < -0.3 is 25.2 Å². The molecule has 2 aliphatic heterocycles. The minimum Gasteiger partial charge on any atom is -0.462 e. The summed E-state index contributed by atoms with van der Waals surface area (Å²) in [5.41, 5.74) is 0.863. The van der Waals surface area contributed by atoms with E-state index in [-0.39, 0.29) is 31.4 Å². The number of hydrogen-bond acceptors (Lipinski definition) is 8. The molecule has 0 radical (unpaired) electrons. The molecule has 0 bridgehead atoms. The molecule has 2 saturated heterocycles. The van der Waals surface area contributed by atoms with Crippen molar-refractivity contribution >= 4 is 35.2 Å². The highest BCUT2D eigenvalue weighted by Gasteiger charge is 2.35. The van der Waals surface area contributed by atoms with Crippen molar-refractivity contribution in [2.45, 2.75) is 19.4 Å². The third-order valence-electron chi connectivity index (χ3n) is 6.41. The average molecular weight is 509 g/mol. The fourth-order valence-electron chi connectivity index (χ4n) is 4.47. The number of rotatable bonds is 8. The molecule has 1 atom stereocenters.